The molecule has 0 amide bonds. The molecule has 1 aliphatic heterocycles. The van der Waals surface area contributed by atoms with Crippen LogP contribution in [0.2, 0.25) is 5.15 Å². The second-order valence-corrected chi connectivity index (χ2v) is 5.90. The monoisotopic (exact) mass is 402 g/mol. The lowest BCUT2D eigenvalue weighted by Crippen LogP contribution is -2.11. The Bertz CT molecular complexity index is 651. The first kappa shape index (κ1) is 14.0. The molecule has 1 aliphatic rings. The molecule has 4 nitrogen and oxygen atoms in total. The molecule has 0 saturated carbocycles. The molecule has 1 atom stereocenters. The summed E-state index contributed by atoms with van der Waals surface area (Å²) in [5, 5.41) is 0.465. The molecule has 2 aromatic rings. The normalized spacial score (nSPS) is 16.9. The van der Waals surface area contributed by atoms with Crippen molar-refractivity contribution in [1.29, 1.82) is 0 Å². The Balaban J connectivity index is 2.03. The molecule has 0 bridgehead atoms. The quantitative estimate of drug-likeness (QED) is 0.583. The van der Waals surface area contributed by atoms with E-state index in [1.807, 2.05) is 24.3 Å². The summed E-state index contributed by atoms with van der Waals surface area (Å²) in [6, 6.07) is 7.95. The highest BCUT2D eigenvalue weighted by Gasteiger charge is 2.28. The van der Waals surface area contributed by atoms with Gasteiger partial charge in [-0.3, -0.25) is 0 Å². The molecule has 0 fully saturated rings. The van der Waals surface area contributed by atoms with Gasteiger partial charge in [0.2, 0.25) is 0 Å². The fourth-order valence-corrected chi connectivity index (χ4v) is 2.84. The third kappa shape index (κ3) is 2.49. The highest BCUT2D eigenvalue weighted by Crippen LogP contribution is 2.37. The Morgan fingerprint density at radius 3 is 3.00 bits per heavy atom. The molecule has 0 aliphatic carbocycles. The second kappa shape index (κ2) is 5.83. The Morgan fingerprint density at radius 1 is 1.40 bits per heavy atom. The van der Waals surface area contributed by atoms with E-state index in [0.29, 0.717) is 24.2 Å². The van der Waals surface area contributed by atoms with Gasteiger partial charge in [-0.1, -0.05) is 29.8 Å². The van der Waals surface area contributed by atoms with Gasteiger partial charge in [-0.15, -0.1) is 0 Å². The number of hydrogen-bond acceptors (Lipinski definition) is 4. The third-order valence-electron chi connectivity index (χ3n) is 3.19. The number of methoxy groups -OCH3 is 1. The minimum Gasteiger partial charge on any atom is -0.492 e. The summed E-state index contributed by atoms with van der Waals surface area (Å²) >= 11 is 8.35. The predicted octanol–water partition coefficient (Wildman–Crippen LogP) is 3.41. The van der Waals surface area contributed by atoms with E-state index in [1.54, 1.807) is 7.11 Å². The van der Waals surface area contributed by atoms with Gasteiger partial charge in [0, 0.05) is 12.7 Å². The van der Waals surface area contributed by atoms with Gasteiger partial charge in [0.05, 0.1) is 21.8 Å². The number of halogens is 2. The maximum absolute atomic E-state index is 6.21. The summed E-state index contributed by atoms with van der Waals surface area (Å²) in [6.07, 6.45) is 0. The van der Waals surface area contributed by atoms with Gasteiger partial charge < -0.3 is 9.47 Å². The van der Waals surface area contributed by atoms with Crippen molar-refractivity contribution in [2.24, 2.45) is 0 Å². The Labute approximate surface area is 135 Å². The molecule has 6 heteroatoms. The second-order valence-electron chi connectivity index (χ2n) is 4.47. The van der Waals surface area contributed by atoms with Crippen LogP contribution in [0.4, 0.5) is 0 Å². The molecule has 1 aromatic heterocycles. The van der Waals surface area contributed by atoms with Gasteiger partial charge >= 0.3 is 0 Å². The predicted molar refractivity (Wildman–Crippen MR) is 84.3 cm³/mol. The Morgan fingerprint density at radius 2 is 2.20 bits per heavy atom. The van der Waals surface area contributed by atoms with Crippen LogP contribution in [0.25, 0.3) is 0 Å². The van der Waals surface area contributed by atoms with E-state index in [-0.39, 0.29) is 5.92 Å². The summed E-state index contributed by atoms with van der Waals surface area (Å²) < 4.78 is 11.7. The van der Waals surface area contributed by atoms with E-state index < -0.39 is 0 Å². The van der Waals surface area contributed by atoms with Crippen LogP contribution in [0.1, 0.15) is 23.0 Å². The minimum atomic E-state index is 0.0244. The first-order valence-electron chi connectivity index (χ1n) is 6.13. The smallest absolute Gasteiger partial charge is 0.146 e. The van der Waals surface area contributed by atoms with E-state index in [9.17, 15) is 0 Å². The van der Waals surface area contributed by atoms with Crippen LogP contribution in [-0.2, 0) is 11.3 Å². The van der Waals surface area contributed by atoms with Crippen molar-refractivity contribution in [2.45, 2.75) is 12.5 Å². The zero-order valence-corrected chi connectivity index (χ0v) is 13.7. The topological polar surface area (TPSA) is 44.2 Å². The number of aromatic nitrogens is 2. The van der Waals surface area contributed by atoms with Gasteiger partial charge in [-0.2, -0.15) is 0 Å². The number of fused-ring (bicyclic) bond motifs is 1. The molecular weight excluding hydrogens is 391 g/mol. The fraction of sp³-hybridized carbons (Fsp3) is 0.286. The van der Waals surface area contributed by atoms with Crippen LogP contribution >= 0.6 is 34.2 Å². The van der Waals surface area contributed by atoms with Crippen molar-refractivity contribution in [3.05, 3.63) is 50.1 Å². The lowest BCUT2D eigenvalue weighted by Gasteiger charge is -2.11. The molecular formula is C14H12ClIN2O2. The van der Waals surface area contributed by atoms with Gasteiger partial charge in [-0.05, 0) is 28.7 Å². The van der Waals surface area contributed by atoms with Crippen LogP contribution in [0.15, 0.2) is 24.3 Å². The standard InChI is InChI=1S/C14H12ClIN2O2/c1-19-7-10-12(16)13(15)18-14(17-10)9-6-20-11-5-3-2-4-8(9)11/h2-5,9H,6-7H2,1H3. The van der Waals surface area contributed by atoms with Crippen LogP contribution in [0.3, 0.4) is 0 Å². The highest BCUT2D eigenvalue weighted by molar-refractivity contribution is 14.1. The molecule has 2 heterocycles. The zero-order valence-electron chi connectivity index (χ0n) is 10.8. The van der Waals surface area contributed by atoms with Crippen LogP contribution in [0, 0.1) is 3.57 Å². The minimum absolute atomic E-state index is 0.0244. The number of benzene rings is 1. The van der Waals surface area contributed by atoms with Crippen LogP contribution < -0.4 is 4.74 Å². The molecule has 104 valence electrons. The van der Waals surface area contributed by atoms with Crippen LogP contribution in [0.5, 0.6) is 5.75 Å². The summed E-state index contributed by atoms with van der Waals surface area (Å²) in [5.74, 6) is 1.60. The van der Waals surface area contributed by atoms with Gasteiger partial charge in [0.1, 0.15) is 23.3 Å². The summed E-state index contributed by atoms with van der Waals surface area (Å²) in [7, 11) is 1.64. The van der Waals surface area contributed by atoms with E-state index in [0.717, 1.165) is 20.6 Å². The maximum Gasteiger partial charge on any atom is 0.146 e. The van der Waals surface area contributed by atoms with Crippen molar-refractivity contribution in [1.82, 2.24) is 9.97 Å². The third-order valence-corrected chi connectivity index (χ3v) is 4.92. The molecule has 0 spiro atoms. The van der Waals surface area contributed by atoms with E-state index in [4.69, 9.17) is 21.1 Å². The van der Waals surface area contributed by atoms with E-state index in [1.165, 1.54) is 0 Å². The highest BCUT2D eigenvalue weighted by atomic mass is 127. The van der Waals surface area contributed by atoms with Crippen molar-refractivity contribution < 1.29 is 9.47 Å². The molecule has 3 rings (SSSR count). The van der Waals surface area contributed by atoms with Crippen molar-refractivity contribution >= 4 is 34.2 Å². The van der Waals surface area contributed by atoms with E-state index >= 15 is 0 Å². The maximum atomic E-state index is 6.21. The van der Waals surface area contributed by atoms with Crippen molar-refractivity contribution in [2.75, 3.05) is 13.7 Å². The first-order valence-corrected chi connectivity index (χ1v) is 7.59. The molecule has 1 unspecified atom stereocenters. The lowest BCUT2D eigenvalue weighted by atomic mass is 10.0. The number of rotatable bonds is 3. The van der Waals surface area contributed by atoms with E-state index in [2.05, 4.69) is 32.6 Å². The summed E-state index contributed by atoms with van der Waals surface area (Å²) in [5.41, 5.74) is 1.92. The average molecular weight is 403 g/mol. The van der Waals surface area contributed by atoms with Gasteiger partial charge in [-0.25, -0.2) is 9.97 Å². The first-order chi connectivity index (χ1) is 9.70. The Hall–Kier alpha value is -0.920. The SMILES string of the molecule is COCc1nc(C2COc3ccccc32)nc(Cl)c1I. The largest absolute Gasteiger partial charge is 0.492 e. The average Bonchev–Trinajstić information content (AvgIpc) is 2.88. The Kier molecular flexibility index (Phi) is 4.09. The van der Waals surface area contributed by atoms with Crippen molar-refractivity contribution in [3.63, 3.8) is 0 Å². The van der Waals surface area contributed by atoms with Gasteiger partial charge in [0.25, 0.3) is 0 Å². The lowest BCUT2D eigenvalue weighted by molar-refractivity contribution is 0.180. The molecule has 1 aromatic carbocycles. The summed E-state index contributed by atoms with van der Waals surface area (Å²) in [6.45, 7) is 0.964. The number of nitrogens with zero attached hydrogens (tertiary/aromatic N) is 2. The number of ether oxygens (including phenoxy) is 2. The fourth-order valence-electron chi connectivity index (χ4n) is 2.25. The summed E-state index contributed by atoms with van der Waals surface area (Å²) in [4.78, 5) is 9.00. The molecule has 0 N–H and O–H groups in total. The van der Waals surface area contributed by atoms with Crippen molar-refractivity contribution in [3.8, 4) is 5.75 Å². The van der Waals surface area contributed by atoms with Gasteiger partial charge in [0.15, 0.2) is 0 Å². The molecule has 0 saturated heterocycles. The number of hydrogen-bond donors (Lipinski definition) is 0. The number of para-hydroxylation sites is 1. The molecule has 0 radical (unpaired) electrons. The zero-order chi connectivity index (χ0) is 14.1. The molecule has 20 heavy (non-hydrogen) atoms. The van der Waals surface area contributed by atoms with Crippen LogP contribution in [-0.4, -0.2) is 23.7 Å².